The third-order valence-corrected chi connectivity index (χ3v) is 2.51. The molecule has 0 saturated carbocycles. The van der Waals surface area contributed by atoms with Crippen molar-refractivity contribution < 1.29 is 0 Å². The van der Waals surface area contributed by atoms with Gasteiger partial charge in [0.15, 0.2) is 0 Å². The molecule has 0 radical (unpaired) electrons. The predicted molar refractivity (Wildman–Crippen MR) is 60.7 cm³/mol. The molecule has 0 fully saturated rings. The van der Waals surface area contributed by atoms with E-state index in [1.807, 2.05) is 0 Å². The van der Waals surface area contributed by atoms with Crippen molar-refractivity contribution >= 4 is 0 Å². The zero-order valence-corrected chi connectivity index (χ0v) is 9.47. The van der Waals surface area contributed by atoms with Crippen LogP contribution in [-0.2, 0) is 0 Å². The van der Waals surface area contributed by atoms with E-state index in [-0.39, 0.29) is 0 Å². The summed E-state index contributed by atoms with van der Waals surface area (Å²) in [4.78, 5) is 0. The maximum absolute atomic E-state index is 6.13. The second kappa shape index (κ2) is 7.14. The highest BCUT2D eigenvalue weighted by atomic mass is 14.6. The Morgan fingerprint density at radius 2 is 1.69 bits per heavy atom. The SMILES string of the molecule is C=C(C)CC(N)C(CCC)CCC. The highest BCUT2D eigenvalue weighted by Gasteiger charge is 2.15. The Morgan fingerprint density at radius 1 is 1.23 bits per heavy atom. The minimum Gasteiger partial charge on any atom is -0.327 e. The Bertz CT molecular complexity index is 134. The van der Waals surface area contributed by atoms with Gasteiger partial charge >= 0.3 is 0 Å². The van der Waals surface area contributed by atoms with E-state index in [9.17, 15) is 0 Å². The van der Waals surface area contributed by atoms with Crippen molar-refractivity contribution in [2.45, 2.75) is 58.9 Å². The van der Waals surface area contributed by atoms with Crippen LogP contribution < -0.4 is 5.73 Å². The van der Waals surface area contributed by atoms with E-state index in [0.29, 0.717) is 12.0 Å². The second-order valence-electron chi connectivity index (χ2n) is 4.16. The van der Waals surface area contributed by atoms with Gasteiger partial charge in [0.2, 0.25) is 0 Å². The van der Waals surface area contributed by atoms with Gasteiger partial charge in [-0.25, -0.2) is 0 Å². The molecule has 1 nitrogen and oxygen atoms in total. The monoisotopic (exact) mass is 183 g/mol. The smallest absolute Gasteiger partial charge is 0.0104 e. The molecule has 13 heavy (non-hydrogen) atoms. The summed E-state index contributed by atoms with van der Waals surface area (Å²) in [6, 6.07) is 0.331. The van der Waals surface area contributed by atoms with Gasteiger partial charge in [0.25, 0.3) is 0 Å². The average molecular weight is 183 g/mol. The Hall–Kier alpha value is -0.300. The Kier molecular flexibility index (Phi) is 6.97. The molecule has 0 rings (SSSR count). The summed E-state index contributed by atoms with van der Waals surface area (Å²) in [6.07, 6.45) is 6.01. The van der Waals surface area contributed by atoms with Crippen molar-refractivity contribution in [3.63, 3.8) is 0 Å². The molecule has 0 aromatic carbocycles. The van der Waals surface area contributed by atoms with Crippen molar-refractivity contribution in [1.82, 2.24) is 0 Å². The molecule has 0 spiro atoms. The quantitative estimate of drug-likeness (QED) is 0.601. The van der Waals surface area contributed by atoms with Crippen LogP contribution in [0.2, 0.25) is 0 Å². The standard InChI is InChI=1S/C12H25N/c1-5-7-11(8-6-2)12(13)9-10(3)4/h11-12H,3,5-9,13H2,1-2,4H3. The van der Waals surface area contributed by atoms with Gasteiger partial charge in [-0.15, -0.1) is 6.58 Å². The van der Waals surface area contributed by atoms with Gasteiger partial charge in [-0.2, -0.15) is 0 Å². The Morgan fingerprint density at radius 3 is 2.00 bits per heavy atom. The first-order chi connectivity index (χ1) is 6.11. The molecule has 0 saturated heterocycles. The van der Waals surface area contributed by atoms with Crippen LogP contribution in [0.3, 0.4) is 0 Å². The molecule has 0 aromatic heterocycles. The maximum atomic E-state index is 6.13. The zero-order valence-electron chi connectivity index (χ0n) is 9.47. The average Bonchev–Trinajstić information content (AvgIpc) is 2.02. The molecule has 0 amide bonds. The van der Waals surface area contributed by atoms with Gasteiger partial charge in [0.1, 0.15) is 0 Å². The topological polar surface area (TPSA) is 26.0 Å². The lowest BCUT2D eigenvalue weighted by atomic mass is 9.88. The number of rotatable bonds is 7. The first kappa shape index (κ1) is 12.7. The minimum absolute atomic E-state index is 0.331. The van der Waals surface area contributed by atoms with Gasteiger partial charge in [0, 0.05) is 6.04 Å². The highest BCUT2D eigenvalue weighted by molar-refractivity contribution is 4.93. The molecule has 1 heteroatoms. The lowest BCUT2D eigenvalue weighted by Crippen LogP contribution is -2.30. The van der Waals surface area contributed by atoms with Crippen molar-refractivity contribution in [3.05, 3.63) is 12.2 Å². The summed E-state index contributed by atoms with van der Waals surface area (Å²) < 4.78 is 0. The van der Waals surface area contributed by atoms with Gasteiger partial charge < -0.3 is 5.73 Å². The molecule has 0 bridgehead atoms. The predicted octanol–water partition coefficient (Wildman–Crippen LogP) is 3.50. The van der Waals surface area contributed by atoms with Crippen molar-refractivity contribution in [2.75, 3.05) is 0 Å². The number of hydrogen-bond acceptors (Lipinski definition) is 1. The van der Waals surface area contributed by atoms with E-state index >= 15 is 0 Å². The molecule has 1 atom stereocenters. The molecule has 0 heterocycles. The van der Waals surface area contributed by atoms with E-state index < -0.39 is 0 Å². The first-order valence-electron chi connectivity index (χ1n) is 5.51. The van der Waals surface area contributed by atoms with Crippen LogP contribution in [0.15, 0.2) is 12.2 Å². The number of hydrogen-bond donors (Lipinski definition) is 1. The molecule has 2 N–H and O–H groups in total. The summed E-state index contributed by atoms with van der Waals surface area (Å²) >= 11 is 0. The van der Waals surface area contributed by atoms with Crippen molar-refractivity contribution in [3.8, 4) is 0 Å². The fourth-order valence-electron chi connectivity index (χ4n) is 1.88. The van der Waals surface area contributed by atoms with Crippen LogP contribution in [0.25, 0.3) is 0 Å². The lowest BCUT2D eigenvalue weighted by molar-refractivity contribution is 0.359. The van der Waals surface area contributed by atoms with Gasteiger partial charge in [-0.05, 0) is 32.1 Å². The van der Waals surface area contributed by atoms with Crippen LogP contribution in [0, 0.1) is 5.92 Å². The molecule has 0 aliphatic carbocycles. The zero-order chi connectivity index (χ0) is 10.3. The largest absolute Gasteiger partial charge is 0.327 e. The molecular formula is C12H25N. The van der Waals surface area contributed by atoms with Gasteiger partial charge in [-0.1, -0.05) is 32.3 Å². The van der Waals surface area contributed by atoms with Crippen LogP contribution >= 0.6 is 0 Å². The fraction of sp³-hybridized carbons (Fsp3) is 0.833. The van der Waals surface area contributed by atoms with E-state index in [2.05, 4.69) is 27.4 Å². The first-order valence-corrected chi connectivity index (χ1v) is 5.51. The third kappa shape index (κ3) is 5.87. The fourth-order valence-corrected chi connectivity index (χ4v) is 1.88. The van der Waals surface area contributed by atoms with Crippen LogP contribution in [-0.4, -0.2) is 6.04 Å². The molecule has 78 valence electrons. The van der Waals surface area contributed by atoms with Crippen LogP contribution in [0.4, 0.5) is 0 Å². The molecule has 1 unspecified atom stereocenters. The highest BCUT2D eigenvalue weighted by Crippen LogP contribution is 2.20. The maximum Gasteiger partial charge on any atom is 0.0104 e. The Balaban J connectivity index is 3.93. The van der Waals surface area contributed by atoms with Crippen LogP contribution in [0.5, 0.6) is 0 Å². The van der Waals surface area contributed by atoms with E-state index in [0.717, 1.165) is 6.42 Å². The minimum atomic E-state index is 0.331. The third-order valence-electron chi connectivity index (χ3n) is 2.51. The summed E-state index contributed by atoms with van der Waals surface area (Å²) in [5.41, 5.74) is 7.34. The molecule has 0 aliphatic rings. The van der Waals surface area contributed by atoms with E-state index in [1.165, 1.54) is 31.3 Å². The van der Waals surface area contributed by atoms with Crippen molar-refractivity contribution in [2.24, 2.45) is 11.7 Å². The normalized spacial score (nSPS) is 13.3. The Labute approximate surface area is 83.4 Å². The molecule has 0 aromatic rings. The summed E-state index contributed by atoms with van der Waals surface area (Å²) in [5.74, 6) is 0.701. The van der Waals surface area contributed by atoms with E-state index in [4.69, 9.17) is 5.73 Å². The summed E-state index contributed by atoms with van der Waals surface area (Å²) in [7, 11) is 0. The summed E-state index contributed by atoms with van der Waals surface area (Å²) in [6.45, 7) is 10.4. The number of nitrogens with two attached hydrogens (primary N) is 1. The van der Waals surface area contributed by atoms with E-state index in [1.54, 1.807) is 0 Å². The van der Waals surface area contributed by atoms with Crippen molar-refractivity contribution in [1.29, 1.82) is 0 Å². The lowest BCUT2D eigenvalue weighted by Gasteiger charge is -2.23. The summed E-state index contributed by atoms with van der Waals surface area (Å²) in [5, 5.41) is 0. The molecular weight excluding hydrogens is 158 g/mol. The van der Waals surface area contributed by atoms with Gasteiger partial charge in [-0.3, -0.25) is 0 Å². The van der Waals surface area contributed by atoms with Gasteiger partial charge in [0.05, 0.1) is 0 Å². The van der Waals surface area contributed by atoms with Crippen LogP contribution in [0.1, 0.15) is 52.9 Å². The second-order valence-corrected chi connectivity index (χ2v) is 4.16. The molecule has 0 aliphatic heterocycles.